The van der Waals surface area contributed by atoms with E-state index >= 15 is 0 Å². The van der Waals surface area contributed by atoms with E-state index < -0.39 is 4.92 Å². The van der Waals surface area contributed by atoms with Gasteiger partial charge in [-0.15, -0.1) is 0 Å². The molecule has 3 rings (SSSR count). The number of hydrogen-bond acceptors (Lipinski definition) is 4. The number of non-ortho nitro benzene ring substituents is 1. The molecule has 7 nitrogen and oxygen atoms in total. The van der Waals surface area contributed by atoms with Crippen molar-refractivity contribution in [3.05, 3.63) is 64.5 Å². The molecule has 0 unspecified atom stereocenters. The van der Waals surface area contributed by atoms with Gasteiger partial charge >= 0.3 is 0 Å². The van der Waals surface area contributed by atoms with E-state index in [1.807, 2.05) is 24.3 Å². The highest BCUT2D eigenvalue weighted by Crippen LogP contribution is 2.22. The van der Waals surface area contributed by atoms with Crippen LogP contribution in [0, 0.1) is 17.0 Å². The number of anilines is 1. The van der Waals surface area contributed by atoms with Gasteiger partial charge in [-0.3, -0.25) is 14.9 Å². The number of para-hydroxylation sites is 2. The lowest BCUT2D eigenvalue weighted by atomic mass is 10.2. The topological polar surface area (TPSA) is 90.1 Å². The van der Waals surface area contributed by atoms with Gasteiger partial charge in [-0.05, 0) is 24.6 Å². The highest BCUT2D eigenvalue weighted by Gasteiger charge is 2.12. The Labute approximate surface area is 131 Å². The van der Waals surface area contributed by atoms with Crippen LogP contribution in [-0.2, 0) is 11.3 Å². The van der Waals surface area contributed by atoms with E-state index in [-0.39, 0.29) is 18.1 Å². The third-order valence-electron chi connectivity index (χ3n) is 3.55. The summed E-state index contributed by atoms with van der Waals surface area (Å²) in [7, 11) is 0. The van der Waals surface area contributed by atoms with Crippen molar-refractivity contribution in [2.24, 2.45) is 0 Å². The molecule has 0 aliphatic carbocycles. The standard InChI is InChI=1S/C16H14N4O3/c1-11-6-7-12(20(22)23)8-14(11)18-16(21)9-19-10-17-13-4-2-3-5-15(13)19/h2-8,10H,9H2,1H3,(H,18,21). The molecule has 3 aromatic rings. The Balaban J connectivity index is 1.80. The predicted molar refractivity (Wildman–Crippen MR) is 86.2 cm³/mol. The minimum absolute atomic E-state index is 0.0565. The molecule has 1 aromatic heterocycles. The average Bonchev–Trinajstić information content (AvgIpc) is 2.92. The lowest BCUT2D eigenvalue weighted by Crippen LogP contribution is -2.18. The van der Waals surface area contributed by atoms with Crippen molar-refractivity contribution in [1.82, 2.24) is 9.55 Å². The van der Waals surface area contributed by atoms with E-state index in [1.165, 1.54) is 12.1 Å². The summed E-state index contributed by atoms with van der Waals surface area (Å²) in [5.74, 6) is -0.267. The quantitative estimate of drug-likeness (QED) is 0.592. The van der Waals surface area contributed by atoms with Gasteiger partial charge in [0.25, 0.3) is 5.69 Å². The van der Waals surface area contributed by atoms with E-state index in [4.69, 9.17) is 0 Å². The minimum Gasteiger partial charge on any atom is -0.324 e. The number of carbonyl (C=O) groups is 1. The summed E-state index contributed by atoms with van der Waals surface area (Å²) >= 11 is 0. The SMILES string of the molecule is Cc1ccc([N+](=O)[O-])cc1NC(=O)Cn1cnc2ccccc21. The second kappa shape index (κ2) is 5.88. The van der Waals surface area contributed by atoms with Crippen molar-refractivity contribution >= 4 is 28.3 Å². The van der Waals surface area contributed by atoms with Crippen LogP contribution in [0.5, 0.6) is 0 Å². The van der Waals surface area contributed by atoms with Gasteiger partial charge in [0.1, 0.15) is 6.54 Å². The van der Waals surface area contributed by atoms with Crippen molar-refractivity contribution in [1.29, 1.82) is 0 Å². The van der Waals surface area contributed by atoms with Crippen molar-refractivity contribution in [3.63, 3.8) is 0 Å². The Hall–Kier alpha value is -3.22. The first-order chi connectivity index (χ1) is 11.0. The van der Waals surface area contributed by atoms with Crippen molar-refractivity contribution in [2.45, 2.75) is 13.5 Å². The fourth-order valence-corrected chi connectivity index (χ4v) is 2.34. The number of nitro benzene ring substituents is 1. The van der Waals surface area contributed by atoms with Crippen LogP contribution in [0.1, 0.15) is 5.56 Å². The summed E-state index contributed by atoms with van der Waals surface area (Å²) in [6.45, 7) is 1.87. The number of nitrogens with one attached hydrogen (secondary N) is 1. The molecule has 1 heterocycles. The summed E-state index contributed by atoms with van der Waals surface area (Å²) in [4.78, 5) is 26.8. The zero-order chi connectivity index (χ0) is 16.4. The maximum atomic E-state index is 12.2. The Bertz CT molecular complexity index is 901. The number of fused-ring (bicyclic) bond motifs is 1. The predicted octanol–water partition coefficient (Wildman–Crippen LogP) is 2.89. The fourth-order valence-electron chi connectivity index (χ4n) is 2.34. The summed E-state index contributed by atoms with van der Waals surface area (Å²) in [6, 6.07) is 11.9. The van der Waals surface area contributed by atoms with E-state index in [0.717, 1.165) is 16.6 Å². The first-order valence-corrected chi connectivity index (χ1v) is 6.99. The highest BCUT2D eigenvalue weighted by atomic mass is 16.6. The summed E-state index contributed by atoms with van der Waals surface area (Å²) in [5, 5.41) is 13.5. The van der Waals surface area contributed by atoms with Gasteiger partial charge in [-0.2, -0.15) is 0 Å². The largest absolute Gasteiger partial charge is 0.324 e. The van der Waals surface area contributed by atoms with Gasteiger partial charge in [0, 0.05) is 12.1 Å². The molecule has 1 amide bonds. The number of imidazole rings is 1. The van der Waals surface area contributed by atoms with Crippen LogP contribution in [0.2, 0.25) is 0 Å². The number of nitro groups is 1. The van der Waals surface area contributed by atoms with Gasteiger partial charge in [-0.1, -0.05) is 18.2 Å². The first-order valence-electron chi connectivity index (χ1n) is 6.99. The molecule has 116 valence electrons. The molecule has 0 radical (unpaired) electrons. The molecular weight excluding hydrogens is 296 g/mol. The molecule has 0 bridgehead atoms. The summed E-state index contributed by atoms with van der Waals surface area (Å²) in [6.07, 6.45) is 1.60. The van der Waals surface area contributed by atoms with Gasteiger partial charge in [0.05, 0.1) is 28.0 Å². The Morgan fingerprint density at radius 1 is 1.30 bits per heavy atom. The van der Waals surface area contributed by atoms with Crippen LogP contribution in [-0.4, -0.2) is 20.4 Å². The smallest absolute Gasteiger partial charge is 0.271 e. The van der Waals surface area contributed by atoms with Crippen molar-refractivity contribution < 1.29 is 9.72 Å². The third kappa shape index (κ3) is 3.03. The summed E-state index contributed by atoms with van der Waals surface area (Å²) < 4.78 is 1.73. The number of rotatable bonds is 4. The van der Waals surface area contributed by atoms with Gasteiger partial charge < -0.3 is 9.88 Å². The second-order valence-corrected chi connectivity index (χ2v) is 5.17. The van der Waals surface area contributed by atoms with Crippen LogP contribution in [0.4, 0.5) is 11.4 Å². The zero-order valence-electron chi connectivity index (χ0n) is 12.4. The average molecular weight is 310 g/mol. The van der Waals surface area contributed by atoms with Crippen LogP contribution >= 0.6 is 0 Å². The number of benzene rings is 2. The first kappa shape index (κ1) is 14.7. The molecule has 0 saturated carbocycles. The lowest BCUT2D eigenvalue weighted by Gasteiger charge is -2.09. The molecule has 0 aliphatic heterocycles. The number of hydrogen-bond donors (Lipinski definition) is 1. The number of nitrogens with zero attached hydrogens (tertiary/aromatic N) is 3. The van der Waals surface area contributed by atoms with Crippen molar-refractivity contribution in [3.8, 4) is 0 Å². The number of aryl methyl sites for hydroxylation is 1. The molecule has 0 spiro atoms. The fraction of sp³-hybridized carbons (Fsp3) is 0.125. The maximum absolute atomic E-state index is 12.2. The Morgan fingerprint density at radius 2 is 2.09 bits per heavy atom. The molecule has 0 saturated heterocycles. The normalized spacial score (nSPS) is 10.7. The van der Waals surface area contributed by atoms with E-state index in [2.05, 4.69) is 10.3 Å². The highest BCUT2D eigenvalue weighted by molar-refractivity contribution is 5.92. The van der Waals surface area contributed by atoms with Gasteiger partial charge in [0.2, 0.25) is 5.91 Å². The van der Waals surface area contributed by atoms with E-state index in [9.17, 15) is 14.9 Å². The number of aromatic nitrogens is 2. The molecule has 1 N–H and O–H groups in total. The van der Waals surface area contributed by atoms with E-state index in [1.54, 1.807) is 23.9 Å². The van der Waals surface area contributed by atoms with Crippen LogP contribution in [0.3, 0.4) is 0 Å². The Kier molecular flexibility index (Phi) is 3.76. The van der Waals surface area contributed by atoms with Crippen LogP contribution in [0.25, 0.3) is 11.0 Å². The minimum atomic E-state index is -0.488. The Morgan fingerprint density at radius 3 is 2.87 bits per heavy atom. The molecule has 0 fully saturated rings. The van der Waals surface area contributed by atoms with E-state index in [0.29, 0.717) is 5.69 Å². The molecule has 0 aliphatic rings. The molecule has 2 aromatic carbocycles. The zero-order valence-corrected chi connectivity index (χ0v) is 12.4. The molecule has 7 heteroatoms. The van der Waals surface area contributed by atoms with Crippen LogP contribution < -0.4 is 5.32 Å². The van der Waals surface area contributed by atoms with Crippen molar-refractivity contribution in [2.75, 3.05) is 5.32 Å². The lowest BCUT2D eigenvalue weighted by molar-refractivity contribution is -0.384. The third-order valence-corrected chi connectivity index (χ3v) is 3.55. The second-order valence-electron chi connectivity index (χ2n) is 5.17. The molecular formula is C16H14N4O3. The molecule has 23 heavy (non-hydrogen) atoms. The van der Waals surface area contributed by atoms with Gasteiger partial charge in [0.15, 0.2) is 0 Å². The monoisotopic (exact) mass is 310 g/mol. The maximum Gasteiger partial charge on any atom is 0.271 e. The number of amides is 1. The molecule has 0 atom stereocenters. The number of carbonyl (C=O) groups excluding carboxylic acids is 1. The summed E-state index contributed by atoms with van der Waals surface area (Å²) in [5.41, 5.74) is 2.82. The van der Waals surface area contributed by atoms with Gasteiger partial charge in [-0.25, -0.2) is 4.98 Å². The van der Waals surface area contributed by atoms with Crippen LogP contribution in [0.15, 0.2) is 48.8 Å².